The second kappa shape index (κ2) is 7.58. The number of hydrogen-bond donors (Lipinski definition) is 2. The first kappa shape index (κ1) is 19.8. The maximum atomic E-state index is 13.4. The van der Waals surface area contributed by atoms with Gasteiger partial charge in [-0.2, -0.15) is 0 Å². The van der Waals surface area contributed by atoms with Gasteiger partial charge in [-0.1, -0.05) is 31.9 Å². The Hall–Kier alpha value is -2.96. The summed E-state index contributed by atoms with van der Waals surface area (Å²) in [6.07, 6.45) is 1.90. The number of unbranched alkanes of at least 4 members (excludes halogenated alkanes) is 1. The molecule has 7 heteroatoms. The molecule has 2 N–H and O–H groups in total. The lowest BCUT2D eigenvalue weighted by Crippen LogP contribution is -2.44. The zero-order chi connectivity index (χ0) is 20.5. The van der Waals surface area contributed by atoms with Crippen LogP contribution >= 0.6 is 0 Å². The van der Waals surface area contributed by atoms with Crippen LogP contribution in [0.25, 0.3) is 0 Å². The molecule has 1 aromatic heterocycles. The minimum atomic E-state index is -1.27. The van der Waals surface area contributed by atoms with E-state index in [4.69, 9.17) is 0 Å². The zero-order valence-electron chi connectivity index (χ0n) is 16.3. The molecule has 1 aliphatic heterocycles. The Labute approximate surface area is 163 Å². The van der Waals surface area contributed by atoms with E-state index in [2.05, 4.69) is 10.3 Å². The van der Waals surface area contributed by atoms with Crippen LogP contribution in [0, 0.1) is 19.7 Å². The number of nitrogens with zero attached hydrogens (tertiary/aromatic N) is 1. The third kappa shape index (κ3) is 3.44. The number of hydrogen-bond acceptors (Lipinski definition) is 3. The first-order valence-electron chi connectivity index (χ1n) is 9.38. The van der Waals surface area contributed by atoms with Gasteiger partial charge in [-0.3, -0.25) is 14.5 Å². The Morgan fingerprint density at radius 2 is 1.86 bits per heavy atom. The molecule has 0 bridgehead atoms. The van der Waals surface area contributed by atoms with E-state index in [0.717, 1.165) is 17.0 Å². The molecule has 28 heavy (non-hydrogen) atoms. The van der Waals surface area contributed by atoms with Gasteiger partial charge in [-0.25, -0.2) is 9.18 Å². The Kier molecular flexibility index (Phi) is 5.36. The minimum Gasteiger partial charge on any atom is -0.362 e. The van der Waals surface area contributed by atoms with Gasteiger partial charge in [-0.15, -0.1) is 0 Å². The number of Topliss-reactive ketones (excluding diaryl/α,β-unsaturated/α-hetero) is 1. The molecular weight excluding hydrogens is 361 g/mol. The fraction of sp³-hybridized carbons (Fsp3) is 0.381. The molecule has 1 aliphatic rings. The summed E-state index contributed by atoms with van der Waals surface area (Å²) in [7, 11) is 0. The van der Waals surface area contributed by atoms with Crippen LogP contribution in [0.5, 0.6) is 0 Å². The summed E-state index contributed by atoms with van der Waals surface area (Å²) in [5.74, 6) is -1.21. The van der Waals surface area contributed by atoms with Gasteiger partial charge in [0.05, 0.1) is 6.54 Å². The molecule has 0 aliphatic carbocycles. The first-order chi connectivity index (χ1) is 13.3. The number of amides is 3. The quantitative estimate of drug-likeness (QED) is 0.564. The summed E-state index contributed by atoms with van der Waals surface area (Å²) in [5, 5.41) is 2.77. The monoisotopic (exact) mass is 385 g/mol. The Morgan fingerprint density at radius 3 is 2.43 bits per heavy atom. The summed E-state index contributed by atoms with van der Waals surface area (Å²) >= 11 is 0. The number of carbonyl (C=O) groups is 3. The van der Waals surface area contributed by atoms with E-state index in [0.29, 0.717) is 29.7 Å². The van der Waals surface area contributed by atoms with Crippen molar-refractivity contribution in [2.24, 2.45) is 0 Å². The molecule has 148 valence electrons. The fourth-order valence-electron chi connectivity index (χ4n) is 3.70. The molecular formula is C21H24FN3O3. The van der Waals surface area contributed by atoms with E-state index >= 15 is 0 Å². The van der Waals surface area contributed by atoms with Crippen molar-refractivity contribution in [1.82, 2.24) is 15.2 Å². The summed E-state index contributed by atoms with van der Waals surface area (Å²) in [4.78, 5) is 42.6. The molecule has 0 spiro atoms. The molecule has 3 rings (SSSR count). The number of ketones is 1. The fourth-order valence-corrected chi connectivity index (χ4v) is 3.70. The molecule has 1 fully saturated rings. The number of imide groups is 1. The van der Waals surface area contributed by atoms with Crippen LogP contribution in [0.4, 0.5) is 9.18 Å². The van der Waals surface area contributed by atoms with Crippen molar-refractivity contribution in [1.29, 1.82) is 0 Å². The number of H-pyrrole nitrogens is 1. The lowest BCUT2D eigenvalue weighted by Gasteiger charge is -2.27. The number of urea groups is 1. The minimum absolute atomic E-state index is 0.309. The third-order valence-electron chi connectivity index (χ3n) is 5.17. The van der Waals surface area contributed by atoms with Gasteiger partial charge < -0.3 is 10.3 Å². The van der Waals surface area contributed by atoms with Crippen LogP contribution < -0.4 is 5.32 Å². The molecule has 1 atom stereocenters. The van der Waals surface area contributed by atoms with E-state index in [1.54, 1.807) is 13.0 Å². The molecule has 0 saturated carbocycles. The highest BCUT2D eigenvalue weighted by molar-refractivity contribution is 6.11. The number of aryl methyl sites for hydroxylation is 2. The van der Waals surface area contributed by atoms with Crippen LogP contribution in [0.15, 0.2) is 30.3 Å². The number of halogens is 1. The van der Waals surface area contributed by atoms with E-state index in [9.17, 15) is 18.8 Å². The van der Waals surface area contributed by atoms with Gasteiger partial charge in [0.25, 0.3) is 5.91 Å². The topological polar surface area (TPSA) is 82.3 Å². The van der Waals surface area contributed by atoms with E-state index < -0.39 is 23.3 Å². The van der Waals surface area contributed by atoms with Crippen LogP contribution in [-0.4, -0.2) is 34.2 Å². The Balaban J connectivity index is 1.91. The van der Waals surface area contributed by atoms with Crippen molar-refractivity contribution < 1.29 is 18.8 Å². The average molecular weight is 385 g/mol. The van der Waals surface area contributed by atoms with Crippen molar-refractivity contribution >= 4 is 17.7 Å². The number of aromatic amines is 1. The van der Waals surface area contributed by atoms with Crippen molar-refractivity contribution in [3.05, 3.63) is 58.7 Å². The molecule has 3 amide bonds. The second-order valence-electron chi connectivity index (χ2n) is 7.25. The molecule has 0 radical (unpaired) electrons. The van der Waals surface area contributed by atoms with Gasteiger partial charge in [0, 0.05) is 17.0 Å². The normalized spacial score (nSPS) is 19.2. The third-order valence-corrected chi connectivity index (χ3v) is 5.17. The van der Waals surface area contributed by atoms with Crippen LogP contribution in [0.1, 0.15) is 53.5 Å². The van der Waals surface area contributed by atoms with Crippen molar-refractivity contribution in [3.8, 4) is 0 Å². The highest BCUT2D eigenvalue weighted by Crippen LogP contribution is 2.34. The number of nitrogens with one attached hydrogen (secondary N) is 2. The molecule has 6 nitrogen and oxygen atoms in total. The Morgan fingerprint density at radius 1 is 1.18 bits per heavy atom. The van der Waals surface area contributed by atoms with Crippen LogP contribution in [0.3, 0.4) is 0 Å². The number of rotatable bonds is 7. The molecule has 1 saturated heterocycles. The summed E-state index contributed by atoms with van der Waals surface area (Å²) in [5.41, 5.74) is 1.24. The highest BCUT2D eigenvalue weighted by Gasteiger charge is 2.52. The van der Waals surface area contributed by atoms with E-state index in [-0.39, 0.29) is 12.3 Å². The second-order valence-corrected chi connectivity index (χ2v) is 7.25. The maximum Gasteiger partial charge on any atom is 0.325 e. The lowest BCUT2D eigenvalue weighted by atomic mass is 9.84. The Bertz CT molecular complexity index is 919. The van der Waals surface area contributed by atoms with Gasteiger partial charge in [0.2, 0.25) is 0 Å². The smallest absolute Gasteiger partial charge is 0.325 e. The lowest BCUT2D eigenvalue weighted by molar-refractivity contribution is -0.131. The standard InChI is InChI=1S/C21H24FN3O3/c1-4-5-10-21(15-6-8-16(22)9-7-15)19(27)25(20(28)24-21)12-18(26)17-11-13(2)23-14(17)3/h6-9,11,23H,4-5,10,12H2,1-3H3,(H,24,28)/t21-/m1/s1. The van der Waals surface area contributed by atoms with Crippen molar-refractivity contribution in [2.45, 2.75) is 45.6 Å². The maximum absolute atomic E-state index is 13.4. The predicted octanol–water partition coefficient (Wildman–Crippen LogP) is 3.59. The number of aromatic nitrogens is 1. The molecule has 2 heterocycles. The van der Waals surface area contributed by atoms with Gasteiger partial charge in [0.15, 0.2) is 5.78 Å². The van der Waals surface area contributed by atoms with Crippen molar-refractivity contribution in [3.63, 3.8) is 0 Å². The summed E-state index contributed by atoms with van der Waals surface area (Å²) < 4.78 is 13.4. The highest BCUT2D eigenvalue weighted by atomic mass is 19.1. The largest absolute Gasteiger partial charge is 0.362 e. The number of benzene rings is 1. The molecule has 0 unspecified atom stereocenters. The predicted molar refractivity (Wildman–Crippen MR) is 102 cm³/mol. The van der Waals surface area contributed by atoms with Gasteiger partial charge in [-0.05, 0) is 44.0 Å². The SMILES string of the molecule is CCCC[C@]1(c2ccc(F)cc2)NC(=O)N(CC(=O)c2cc(C)[nH]c2C)C1=O. The van der Waals surface area contributed by atoms with E-state index in [1.165, 1.54) is 24.3 Å². The zero-order valence-corrected chi connectivity index (χ0v) is 16.3. The summed E-state index contributed by atoms with van der Waals surface area (Å²) in [6.45, 7) is 5.26. The van der Waals surface area contributed by atoms with Crippen molar-refractivity contribution in [2.75, 3.05) is 6.54 Å². The van der Waals surface area contributed by atoms with Gasteiger partial charge in [0.1, 0.15) is 11.4 Å². The van der Waals surface area contributed by atoms with Crippen LogP contribution in [0.2, 0.25) is 0 Å². The molecule has 2 aromatic rings. The van der Waals surface area contributed by atoms with Gasteiger partial charge >= 0.3 is 6.03 Å². The van der Waals surface area contributed by atoms with Crippen LogP contribution in [-0.2, 0) is 10.3 Å². The number of carbonyl (C=O) groups excluding carboxylic acids is 3. The first-order valence-corrected chi connectivity index (χ1v) is 9.38. The average Bonchev–Trinajstić information content (AvgIpc) is 3.12. The molecule has 1 aromatic carbocycles. The van der Waals surface area contributed by atoms with E-state index in [1.807, 2.05) is 13.8 Å². The summed E-state index contributed by atoms with van der Waals surface area (Å²) in [6, 6.07) is 6.65.